The van der Waals surface area contributed by atoms with Gasteiger partial charge in [0.05, 0.1) is 0 Å². The van der Waals surface area contributed by atoms with E-state index in [9.17, 15) is 0 Å². The average molecular weight is 67.1 g/mol. The van der Waals surface area contributed by atoms with E-state index in [0.29, 0.717) is 0 Å². The van der Waals surface area contributed by atoms with Crippen molar-refractivity contribution >= 4 is 30.8 Å². The largest absolute Gasteiger partial charge is 2.00 e. The quantitative estimate of drug-likeness (QED) is 0.335. The Labute approximate surface area is 41.5 Å². The summed E-state index contributed by atoms with van der Waals surface area (Å²) in [5.74, 6) is 0. The molecule has 0 aliphatic rings. The van der Waals surface area contributed by atoms with E-state index in [-0.39, 0.29) is 28.5 Å². The van der Waals surface area contributed by atoms with Gasteiger partial charge in [-0.05, 0) is 0 Å². The normalized spacial score (nSPS) is 0.750. The summed E-state index contributed by atoms with van der Waals surface area (Å²) in [6, 6.07) is 0. The molecule has 0 spiro atoms. The molecule has 0 fully saturated rings. The molecule has 4 heteroatoms. The van der Waals surface area contributed by atoms with Crippen LogP contribution in [0, 0.1) is 0 Å². The average Bonchev–Trinajstić information content (AvgIpc) is 1.00. The van der Waals surface area contributed by atoms with Gasteiger partial charge in [-0.3, -0.25) is 0 Å². The summed E-state index contributed by atoms with van der Waals surface area (Å²) in [6.07, 6.45) is 0. The SMILES string of the molecule is [B]=O.[Mg+2].[O-2]. The zero-order chi connectivity index (χ0) is 2.00. The van der Waals surface area contributed by atoms with Gasteiger partial charge in [0.2, 0.25) is 0 Å². The molecule has 0 rings (SSSR count). The predicted molar refractivity (Wildman–Crippen MR) is 12.9 cm³/mol. The summed E-state index contributed by atoms with van der Waals surface area (Å²) in [6.45, 7) is 0. The molecule has 0 aromatic heterocycles. The first-order chi connectivity index (χ1) is 1.00. The first-order valence-electron chi connectivity index (χ1n) is 0.236. The van der Waals surface area contributed by atoms with Gasteiger partial charge in [-0.1, -0.05) is 0 Å². The van der Waals surface area contributed by atoms with Crippen LogP contribution < -0.4 is 0 Å². The monoisotopic (exact) mass is 67.0 g/mol. The summed E-state index contributed by atoms with van der Waals surface area (Å²) in [5, 5.41) is 0. The van der Waals surface area contributed by atoms with Crippen LogP contribution in [0.2, 0.25) is 0 Å². The zero-order valence-corrected chi connectivity index (χ0v) is 3.52. The Morgan fingerprint density at radius 1 is 1.25 bits per heavy atom. The minimum absolute atomic E-state index is 0. The second-order valence-electron chi connectivity index (χ2n) is 0. The van der Waals surface area contributed by atoms with E-state index in [4.69, 9.17) is 4.70 Å². The molecule has 0 aromatic carbocycles. The Morgan fingerprint density at radius 3 is 1.25 bits per heavy atom. The fraction of sp³-hybridized carbons (Fsp3) is 0. The smallest absolute Gasteiger partial charge is 2.00 e. The Balaban J connectivity index is -0.00000000500. The molecular formula is BMgO2. The van der Waals surface area contributed by atoms with Gasteiger partial charge in [0, 0.05) is 0 Å². The van der Waals surface area contributed by atoms with Gasteiger partial charge in [-0.25, -0.2) is 0 Å². The van der Waals surface area contributed by atoms with Crippen molar-refractivity contribution in [1.29, 1.82) is 0 Å². The summed E-state index contributed by atoms with van der Waals surface area (Å²) in [4.78, 5) is 0. The van der Waals surface area contributed by atoms with Crippen LogP contribution in [0.3, 0.4) is 0 Å². The molecule has 0 aliphatic heterocycles. The van der Waals surface area contributed by atoms with Crippen LogP contribution in [0.4, 0.5) is 0 Å². The van der Waals surface area contributed by atoms with Crippen LogP contribution in [0.1, 0.15) is 0 Å². The van der Waals surface area contributed by atoms with Gasteiger partial charge < -0.3 is 5.48 Å². The van der Waals surface area contributed by atoms with Gasteiger partial charge >= 0.3 is 35.5 Å². The molecule has 0 unspecified atom stereocenters. The third-order valence-corrected chi connectivity index (χ3v) is 0. The Bertz CT molecular complexity index is 6.00. The Hall–Kier alpha value is 0.591. The number of hydrogen-bond donors (Lipinski definition) is 0. The fourth-order valence-electron chi connectivity index (χ4n) is 0. The maximum absolute atomic E-state index is 7.75. The van der Waals surface area contributed by atoms with Crippen LogP contribution in [-0.2, 0) is 10.2 Å². The van der Waals surface area contributed by atoms with Crippen molar-refractivity contribution in [3.8, 4) is 0 Å². The molecule has 4 heavy (non-hydrogen) atoms. The molecule has 0 aliphatic carbocycles. The van der Waals surface area contributed by atoms with E-state index in [2.05, 4.69) is 7.72 Å². The molecule has 0 amide bonds. The zero-order valence-electron chi connectivity index (χ0n) is 2.10. The maximum atomic E-state index is 7.75. The summed E-state index contributed by atoms with van der Waals surface area (Å²) in [7, 11) is 3.25. The van der Waals surface area contributed by atoms with E-state index in [1.807, 2.05) is 0 Å². The van der Waals surface area contributed by atoms with Gasteiger partial charge in [0.15, 0.2) is 0 Å². The van der Waals surface area contributed by atoms with Gasteiger partial charge in [0.25, 0.3) is 0 Å². The van der Waals surface area contributed by atoms with Crippen LogP contribution in [0.15, 0.2) is 0 Å². The third kappa shape index (κ3) is 18.8. The third-order valence-electron chi connectivity index (χ3n) is 0. The standard InChI is InChI=1S/BO.Mg.O/c1-2;;/q;+2;-2. The molecule has 0 bridgehead atoms. The van der Waals surface area contributed by atoms with Crippen LogP contribution in [-0.4, -0.2) is 30.8 Å². The molecule has 0 saturated heterocycles. The summed E-state index contributed by atoms with van der Waals surface area (Å²) in [5.41, 5.74) is 0. The van der Waals surface area contributed by atoms with Crippen LogP contribution >= 0.6 is 0 Å². The van der Waals surface area contributed by atoms with Gasteiger partial charge in [0.1, 0.15) is 0 Å². The van der Waals surface area contributed by atoms with E-state index in [1.165, 1.54) is 0 Å². The molecule has 0 aromatic rings. The van der Waals surface area contributed by atoms with Crippen molar-refractivity contribution in [1.82, 2.24) is 0 Å². The van der Waals surface area contributed by atoms with Crippen LogP contribution in [0.5, 0.6) is 0 Å². The molecule has 17 valence electrons. The second-order valence-corrected chi connectivity index (χ2v) is 0. The van der Waals surface area contributed by atoms with Crippen molar-refractivity contribution in [3.05, 3.63) is 0 Å². The molecule has 0 saturated carbocycles. The van der Waals surface area contributed by atoms with E-state index in [1.54, 1.807) is 0 Å². The maximum Gasteiger partial charge on any atom is 2.00 e. The van der Waals surface area contributed by atoms with Gasteiger partial charge in [-0.15, -0.1) is 0 Å². The van der Waals surface area contributed by atoms with Crippen molar-refractivity contribution in [3.63, 3.8) is 0 Å². The minimum Gasteiger partial charge on any atom is -2.00 e. The van der Waals surface area contributed by atoms with Crippen molar-refractivity contribution in [2.24, 2.45) is 0 Å². The molecule has 0 atom stereocenters. The molecular weight excluding hydrogens is 67.1 g/mol. The summed E-state index contributed by atoms with van der Waals surface area (Å²) < 4.78 is 7.75. The molecule has 2 nitrogen and oxygen atoms in total. The van der Waals surface area contributed by atoms with E-state index < -0.39 is 0 Å². The first kappa shape index (κ1) is 23.4. The van der Waals surface area contributed by atoms with Crippen molar-refractivity contribution < 1.29 is 10.2 Å². The Kier molecular flexibility index (Phi) is 403. The topological polar surface area (TPSA) is 45.6 Å². The predicted octanol–water partition coefficient (Wildman–Crippen LogP) is -0.999. The van der Waals surface area contributed by atoms with Crippen molar-refractivity contribution in [2.75, 3.05) is 0 Å². The summed E-state index contributed by atoms with van der Waals surface area (Å²) >= 11 is 0. The second kappa shape index (κ2) is 69.0. The van der Waals surface area contributed by atoms with E-state index >= 15 is 0 Å². The minimum atomic E-state index is 0. The number of rotatable bonds is 0. The van der Waals surface area contributed by atoms with E-state index in [0.717, 1.165) is 0 Å². The first-order valence-corrected chi connectivity index (χ1v) is 0.236. The fourth-order valence-corrected chi connectivity index (χ4v) is 0. The molecule has 0 N–H and O–H groups in total. The Morgan fingerprint density at radius 2 is 1.25 bits per heavy atom. The molecule has 1 radical (unpaired) electrons. The van der Waals surface area contributed by atoms with Crippen molar-refractivity contribution in [2.45, 2.75) is 0 Å². The van der Waals surface area contributed by atoms with Gasteiger partial charge in [-0.2, -0.15) is 0 Å². The van der Waals surface area contributed by atoms with Crippen LogP contribution in [0.25, 0.3) is 0 Å². The number of hydrogen-bond acceptors (Lipinski definition) is 1. The molecule has 0 heterocycles.